The van der Waals surface area contributed by atoms with E-state index in [1.54, 1.807) is 0 Å². The Morgan fingerprint density at radius 1 is 0.357 bits per heavy atom. The van der Waals surface area contributed by atoms with Gasteiger partial charge in [0, 0.05) is 16.8 Å². The van der Waals surface area contributed by atoms with Gasteiger partial charge in [0.15, 0.2) is 0 Å². The monoisotopic (exact) mass is 533 g/mol. The van der Waals surface area contributed by atoms with Crippen LogP contribution in [0.5, 0.6) is 0 Å². The summed E-state index contributed by atoms with van der Waals surface area (Å²) in [6, 6.07) is 57.7. The zero-order valence-electron chi connectivity index (χ0n) is 23.0. The maximum Gasteiger partial charge on any atom is 0.0726 e. The van der Waals surface area contributed by atoms with Crippen molar-refractivity contribution < 1.29 is 0 Å². The largest absolute Gasteiger partial charge is 0.355 e. The first kappa shape index (κ1) is 23.3. The van der Waals surface area contributed by atoms with Crippen LogP contribution in [0.3, 0.4) is 0 Å². The fourth-order valence-electron chi connectivity index (χ4n) is 7.61. The van der Waals surface area contributed by atoms with Gasteiger partial charge in [0.1, 0.15) is 0 Å². The quantitative estimate of drug-likeness (QED) is 0.238. The molecular formula is C41H27N. The molecule has 0 aliphatic heterocycles. The standard InChI is InChI=1S/C41H27N/c1-2-12-27(13-3-1)29-24-25-40(35-18-5-4-14-30(29)35)42-28-22-23-34-33-17-8-11-21-38(33)41(39(34)26-28)36-19-9-6-15-31(36)32-16-7-10-20-37(32)41/h1-26,42H. The van der Waals surface area contributed by atoms with Crippen LogP contribution in [-0.4, -0.2) is 0 Å². The van der Waals surface area contributed by atoms with Crippen LogP contribution in [-0.2, 0) is 5.41 Å². The molecule has 0 amide bonds. The van der Waals surface area contributed by atoms with Crippen LogP contribution < -0.4 is 5.32 Å². The van der Waals surface area contributed by atoms with Crippen LogP contribution in [0.1, 0.15) is 22.3 Å². The van der Waals surface area contributed by atoms with Gasteiger partial charge in [0.2, 0.25) is 0 Å². The van der Waals surface area contributed by atoms with Crippen molar-refractivity contribution in [3.05, 3.63) is 180 Å². The average Bonchev–Trinajstić information content (AvgIpc) is 3.52. The minimum Gasteiger partial charge on any atom is -0.355 e. The van der Waals surface area contributed by atoms with Crippen LogP contribution in [0.15, 0.2) is 158 Å². The molecule has 0 unspecified atom stereocenters. The molecule has 1 nitrogen and oxygen atoms in total. The van der Waals surface area contributed by atoms with Gasteiger partial charge < -0.3 is 5.32 Å². The number of benzene rings is 7. The molecule has 1 heteroatoms. The maximum atomic E-state index is 3.84. The van der Waals surface area contributed by atoms with Crippen LogP contribution in [0.2, 0.25) is 0 Å². The van der Waals surface area contributed by atoms with E-state index in [0.29, 0.717) is 0 Å². The molecule has 0 fully saturated rings. The summed E-state index contributed by atoms with van der Waals surface area (Å²) in [5, 5.41) is 6.30. The molecule has 0 radical (unpaired) electrons. The summed E-state index contributed by atoms with van der Waals surface area (Å²) in [6.07, 6.45) is 0. The normalized spacial score (nSPS) is 13.4. The Morgan fingerprint density at radius 3 is 1.50 bits per heavy atom. The minimum absolute atomic E-state index is 0.337. The first-order chi connectivity index (χ1) is 20.8. The van der Waals surface area contributed by atoms with E-state index in [9.17, 15) is 0 Å². The number of nitrogens with one attached hydrogen (secondary N) is 1. The summed E-state index contributed by atoms with van der Waals surface area (Å²) in [6.45, 7) is 0. The maximum absolute atomic E-state index is 3.84. The highest BCUT2D eigenvalue weighted by Gasteiger charge is 2.51. The fraction of sp³-hybridized carbons (Fsp3) is 0.0244. The van der Waals surface area contributed by atoms with Crippen molar-refractivity contribution in [3.63, 3.8) is 0 Å². The van der Waals surface area contributed by atoms with E-state index in [4.69, 9.17) is 0 Å². The van der Waals surface area contributed by atoms with Gasteiger partial charge in [-0.05, 0) is 79.2 Å². The van der Waals surface area contributed by atoms with Gasteiger partial charge in [-0.2, -0.15) is 0 Å². The zero-order valence-corrected chi connectivity index (χ0v) is 23.0. The van der Waals surface area contributed by atoms with Crippen LogP contribution in [0, 0.1) is 0 Å². The van der Waals surface area contributed by atoms with E-state index in [-0.39, 0.29) is 5.41 Å². The van der Waals surface area contributed by atoms with Crippen molar-refractivity contribution in [1.82, 2.24) is 0 Å². The van der Waals surface area contributed by atoms with Crippen molar-refractivity contribution in [2.75, 3.05) is 5.32 Å². The minimum atomic E-state index is -0.337. The number of hydrogen-bond acceptors (Lipinski definition) is 1. The molecule has 0 atom stereocenters. The molecule has 2 aliphatic rings. The molecule has 0 aromatic heterocycles. The van der Waals surface area contributed by atoms with E-state index in [1.165, 1.54) is 66.4 Å². The summed E-state index contributed by atoms with van der Waals surface area (Å²) in [5.41, 5.74) is 15.1. The van der Waals surface area contributed by atoms with Crippen LogP contribution >= 0.6 is 0 Å². The van der Waals surface area contributed by atoms with E-state index in [0.717, 1.165) is 11.4 Å². The van der Waals surface area contributed by atoms with Gasteiger partial charge in [-0.1, -0.05) is 140 Å². The lowest BCUT2D eigenvalue weighted by molar-refractivity contribution is 0.794. The Kier molecular flexibility index (Phi) is 4.88. The first-order valence-corrected chi connectivity index (χ1v) is 14.6. The topological polar surface area (TPSA) is 12.0 Å². The van der Waals surface area contributed by atoms with E-state index < -0.39 is 0 Å². The zero-order chi connectivity index (χ0) is 27.7. The summed E-state index contributed by atoms with van der Waals surface area (Å²) in [5.74, 6) is 0. The molecular weight excluding hydrogens is 506 g/mol. The molecule has 42 heavy (non-hydrogen) atoms. The Morgan fingerprint density at radius 2 is 0.857 bits per heavy atom. The van der Waals surface area contributed by atoms with Gasteiger partial charge in [-0.3, -0.25) is 0 Å². The van der Waals surface area contributed by atoms with Gasteiger partial charge in [0.05, 0.1) is 5.41 Å². The number of fused-ring (bicyclic) bond motifs is 11. The highest BCUT2D eigenvalue weighted by Crippen LogP contribution is 2.63. The summed E-state index contributed by atoms with van der Waals surface area (Å²) in [4.78, 5) is 0. The predicted octanol–water partition coefficient (Wildman–Crippen LogP) is 10.6. The van der Waals surface area contributed by atoms with Crippen molar-refractivity contribution in [2.45, 2.75) is 5.41 Å². The smallest absolute Gasteiger partial charge is 0.0726 e. The van der Waals surface area contributed by atoms with Gasteiger partial charge in [0.25, 0.3) is 0 Å². The third kappa shape index (κ3) is 3.08. The lowest BCUT2D eigenvalue weighted by atomic mass is 9.70. The van der Waals surface area contributed by atoms with Gasteiger partial charge >= 0.3 is 0 Å². The van der Waals surface area contributed by atoms with Crippen molar-refractivity contribution in [2.24, 2.45) is 0 Å². The Hall–Kier alpha value is -5.40. The fourth-order valence-corrected chi connectivity index (χ4v) is 7.61. The molecule has 0 saturated heterocycles. The van der Waals surface area contributed by atoms with E-state index >= 15 is 0 Å². The highest BCUT2D eigenvalue weighted by atomic mass is 14.9. The van der Waals surface area contributed by atoms with Crippen molar-refractivity contribution >= 4 is 22.1 Å². The molecule has 7 aromatic rings. The second kappa shape index (κ2) is 8.80. The molecule has 1 N–H and O–H groups in total. The van der Waals surface area contributed by atoms with Crippen molar-refractivity contribution in [1.29, 1.82) is 0 Å². The van der Waals surface area contributed by atoms with Crippen LogP contribution in [0.25, 0.3) is 44.2 Å². The lowest BCUT2D eigenvalue weighted by Crippen LogP contribution is -2.25. The molecule has 2 aliphatic carbocycles. The number of anilines is 2. The molecule has 0 heterocycles. The Balaban J connectivity index is 1.24. The van der Waals surface area contributed by atoms with Crippen LogP contribution in [0.4, 0.5) is 11.4 Å². The average molecular weight is 534 g/mol. The number of rotatable bonds is 3. The second-order valence-corrected chi connectivity index (χ2v) is 11.3. The third-order valence-electron chi connectivity index (χ3n) is 9.29. The molecule has 0 saturated carbocycles. The molecule has 9 rings (SSSR count). The Bertz CT molecular complexity index is 2110. The van der Waals surface area contributed by atoms with Crippen molar-refractivity contribution in [3.8, 4) is 33.4 Å². The summed E-state index contributed by atoms with van der Waals surface area (Å²) < 4.78 is 0. The molecule has 1 spiro atoms. The predicted molar refractivity (Wildman–Crippen MR) is 175 cm³/mol. The molecule has 196 valence electrons. The Labute approximate surface area is 245 Å². The van der Waals surface area contributed by atoms with Gasteiger partial charge in [-0.15, -0.1) is 0 Å². The van der Waals surface area contributed by atoms with E-state index in [1.807, 2.05) is 0 Å². The molecule has 0 bridgehead atoms. The van der Waals surface area contributed by atoms with Gasteiger partial charge in [-0.25, -0.2) is 0 Å². The molecule has 7 aromatic carbocycles. The summed E-state index contributed by atoms with van der Waals surface area (Å²) in [7, 11) is 0. The lowest BCUT2D eigenvalue weighted by Gasteiger charge is -2.30. The SMILES string of the molecule is c1ccc(-c2ccc(Nc3ccc4c(c3)C3(c5ccccc5-c5ccccc53)c3ccccc3-4)c3ccccc23)cc1. The second-order valence-electron chi connectivity index (χ2n) is 11.3. The third-order valence-corrected chi connectivity index (χ3v) is 9.29. The van der Waals surface area contributed by atoms with E-state index in [2.05, 4.69) is 163 Å². The number of hydrogen-bond donors (Lipinski definition) is 1. The first-order valence-electron chi connectivity index (χ1n) is 14.6. The summed E-state index contributed by atoms with van der Waals surface area (Å²) >= 11 is 0. The highest BCUT2D eigenvalue weighted by molar-refractivity contribution is 6.04.